The van der Waals surface area contributed by atoms with Crippen molar-refractivity contribution in [1.82, 2.24) is 8.75 Å². The Morgan fingerprint density at radius 3 is 2.10 bits per heavy atom. The highest BCUT2D eigenvalue weighted by Crippen LogP contribution is 2.32. The SMILES string of the molecule is CCCCCCCCCCCCCOC(=O)OC(CC)[N+]1(C)CCC=C(c2nsnc2OCCCCCC)C1. The number of aromatic nitrogens is 2. The molecule has 0 spiro atoms. The zero-order valence-corrected chi connectivity index (χ0v) is 26.2. The van der Waals surface area contributed by atoms with E-state index in [0.717, 1.165) is 56.5 Å². The van der Waals surface area contributed by atoms with Crippen LogP contribution in [0.4, 0.5) is 4.79 Å². The molecule has 0 N–H and O–H groups in total. The molecule has 224 valence electrons. The molecule has 1 aromatic heterocycles. The van der Waals surface area contributed by atoms with E-state index < -0.39 is 6.16 Å². The molecule has 0 amide bonds. The van der Waals surface area contributed by atoms with Crippen molar-refractivity contribution in [2.24, 2.45) is 0 Å². The maximum absolute atomic E-state index is 12.5. The number of rotatable bonds is 22. The van der Waals surface area contributed by atoms with Crippen LogP contribution in [0.1, 0.15) is 136 Å². The van der Waals surface area contributed by atoms with E-state index in [1.165, 1.54) is 88.8 Å². The van der Waals surface area contributed by atoms with Crippen molar-refractivity contribution in [3.8, 4) is 5.88 Å². The minimum absolute atomic E-state index is 0.261. The van der Waals surface area contributed by atoms with Gasteiger partial charge in [-0.25, -0.2) is 4.79 Å². The number of hydrogen-bond donors (Lipinski definition) is 0. The van der Waals surface area contributed by atoms with Crippen LogP contribution in [-0.2, 0) is 9.47 Å². The fraction of sp³-hybridized carbons (Fsp3) is 0.839. The van der Waals surface area contributed by atoms with Crippen LogP contribution in [0.5, 0.6) is 5.88 Å². The molecule has 0 bridgehead atoms. The van der Waals surface area contributed by atoms with Crippen molar-refractivity contribution in [3.05, 3.63) is 11.8 Å². The number of quaternary nitrogens is 1. The summed E-state index contributed by atoms with van der Waals surface area (Å²) < 4.78 is 26.9. The topological polar surface area (TPSA) is 70.5 Å². The number of nitrogens with zero attached hydrogens (tertiary/aromatic N) is 3. The highest BCUT2D eigenvalue weighted by molar-refractivity contribution is 6.99. The third-order valence-electron chi connectivity index (χ3n) is 7.81. The highest BCUT2D eigenvalue weighted by Gasteiger charge is 2.38. The number of carbonyl (C=O) groups is 1. The van der Waals surface area contributed by atoms with Gasteiger partial charge >= 0.3 is 6.16 Å². The van der Waals surface area contributed by atoms with Gasteiger partial charge in [-0.05, 0) is 12.8 Å². The van der Waals surface area contributed by atoms with Gasteiger partial charge in [0, 0.05) is 18.4 Å². The molecule has 0 saturated heterocycles. The average molecular weight is 567 g/mol. The van der Waals surface area contributed by atoms with Crippen molar-refractivity contribution >= 4 is 23.5 Å². The van der Waals surface area contributed by atoms with E-state index >= 15 is 0 Å². The molecule has 1 aromatic rings. The quantitative estimate of drug-likeness (QED) is 0.0792. The van der Waals surface area contributed by atoms with Crippen molar-refractivity contribution in [2.45, 2.75) is 136 Å². The van der Waals surface area contributed by atoms with Crippen LogP contribution in [0.3, 0.4) is 0 Å². The van der Waals surface area contributed by atoms with Crippen molar-refractivity contribution < 1.29 is 23.5 Å². The Kier molecular flexibility index (Phi) is 17.4. The largest absolute Gasteiger partial charge is 0.512 e. The monoisotopic (exact) mass is 566 g/mol. The van der Waals surface area contributed by atoms with E-state index in [-0.39, 0.29) is 6.23 Å². The summed E-state index contributed by atoms with van der Waals surface area (Å²) in [6.45, 7) is 9.27. The van der Waals surface area contributed by atoms with Crippen molar-refractivity contribution in [3.63, 3.8) is 0 Å². The molecule has 2 unspecified atom stereocenters. The number of unbranched alkanes of at least 4 members (excludes halogenated alkanes) is 13. The van der Waals surface area contributed by atoms with Gasteiger partial charge < -0.3 is 14.2 Å². The van der Waals surface area contributed by atoms with Crippen LogP contribution < -0.4 is 4.74 Å². The Morgan fingerprint density at radius 1 is 0.872 bits per heavy atom. The second kappa shape index (κ2) is 20.2. The van der Waals surface area contributed by atoms with Crippen LogP contribution in [0.2, 0.25) is 0 Å². The third kappa shape index (κ3) is 13.0. The number of likely N-dealkylation sites (N-methyl/N-ethyl adjacent to an activating group) is 1. The molecule has 8 heteroatoms. The molecule has 0 aliphatic carbocycles. The summed E-state index contributed by atoms with van der Waals surface area (Å²) in [5.74, 6) is 0.636. The molecule has 1 aliphatic heterocycles. The summed E-state index contributed by atoms with van der Waals surface area (Å²) in [4.78, 5) is 12.5. The summed E-state index contributed by atoms with van der Waals surface area (Å²) in [6, 6.07) is 0. The van der Waals surface area contributed by atoms with Gasteiger partial charge in [0.05, 0.1) is 38.5 Å². The molecule has 2 atom stereocenters. The fourth-order valence-electron chi connectivity index (χ4n) is 5.37. The molecule has 1 aliphatic rings. The zero-order valence-electron chi connectivity index (χ0n) is 25.4. The lowest BCUT2D eigenvalue weighted by atomic mass is 10.0. The Hall–Kier alpha value is -1.67. The van der Waals surface area contributed by atoms with Crippen LogP contribution in [0, 0.1) is 0 Å². The molecule has 0 radical (unpaired) electrons. The molecule has 39 heavy (non-hydrogen) atoms. The number of ether oxygens (including phenoxy) is 3. The summed E-state index contributed by atoms with van der Waals surface area (Å²) >= 11 is 1.20. The minimum Gasteiger partial charge on any atom is -0.475 e. The van der Waals surface area contributed by atoms with Crippen LogP contribution in [0.15, 0.2) is 6.08 Å². The summed E-state index contributed by atoms with van der Waals surface area (Å²) in [5.41, 5.74) is 1.96. The lowest BCUT2D eigenvalue weighted by molar-refractivity contribution is -0.947. The molecule has 2 rings (SSSR count). The molecular weight excluding hydrogens is 510 g/mol. The van der Waals surface area contributed by atoms with E-state index in [1.54, 1.807) is 0 Å². The Balaban J connectivity index is 1.69. The van der Waals surface area contributed by atoms with E-state index in [4.69, 9.17) is 14.2 Å². The summed E-state index contributed by atoms with van der Waals surface area (Å²) in [5, 5.41) is 0. The molecule has 0 aromatic carbocycles. The first-order chi connectivity index (χ1) is 19.0. The molecular formula is C31H56N3O4S+. The van der Waals surface area contributed by atoms with Crippen LogP contribution in [0.25, 0.3) is 5.57 Å². The first-order valence-electron chi connectivity index (χ1n) is 15.9. The van der Waals surface area contributed by atoms with Crippen LogP contribution >= 0.6 is 11.7 Å². The van der Waals surface area contributed by atoms with Gasteiger partial charge in [-0.3, -0.25) is 4.48 Å². The van der Waals surface area contributed by atoms with E-state index in [9.17, 15) is 4.79 Å². The summed E-state index contributed by atoms with van der Waals surface area (Å²) in [7, 11) is 2.16. The average Bonchev–Trinajstić information content (AvgIpc) is 3.41. The predicted molar refractivity (Wildman–Crippen MR) is 161 cm³/mol. The van der Waals surface area contributed by atoms with Gasteiger partial charge in [0.1, 0.15) is 12.2 Å². The second-order valence-electron chi connectivity index (χ2n) is 11.3. The van der Waals surface area contributed by atoms with E-state index in [2.05, 4.69) is 42.6 Å². The van der Waals surface area contributed by atoms with E-state index in [0.29, 0.717) is 23.6 Å². The first kappa shape index (κ1) is 33.5. The Bertz CT molecular complexity index is 816. The molecule has 7 nitrogen and oxygen atoms in total. The third-order valence-corrected chi connectivity index (χ3v) is 8.32. The Labute approximate surface area is 242 Å². The standard InChI is InChI=1S/C31H56N3O4S/c1-5-8-10-12-13-14-15-16-17-18-20-25-37-31(35)38-28(7-3)34(4)23-21-22-27(26-34)29-30(33-39-32-29)36-24-19-11-9-6-2/h22,28H,5-21,23-26H2,1-4H3/q+1. The second-order valence-corrected chi connectivity index (χ2v) is 11.8. The van der Waals surface area contributed by atoms with Crippen molar-refractivity contribution in [2.75, 3.05) is 33.4 Å². The summed E-state index contributed by atoms with van der Waals surface area (Å²) in [6.07, 6.45) is 21.7. The fourth-order valence-corrected chi connectivity index (χ4v) is 5.90. The number of hydrogen-bond acceptors (Lipinski definition) is 7. The predicted octanol–water partition coefficient (Wildman–Crippen LogP) is 8.93. The van der Waals surface area contributed by atoms with Gasteiger partial charge in [0.2, 0.25) is 6.23 Å². The van der Waals surface area contributed by atoms with Gasteiger partial charge in [0.15, 0.2) is 0 Å². The van der Waals surface area contributed by atoms with E-state index in [1.807, 2.05) is 0 Å². The minimum atomic E-state index is -0.546. The first-order valence-corrected chi connectivity index (χ1v) is 16.6. The molecule has 2 heterocycles. The Morgan fingerprint density at radius 2 is 1.46 bits per heavy atom. The lowest BCUT2D eigenvalue weighted by Gasteiger charge is -2.42. The van der Waals surface area contributed by atoms with Crippen LogP contribution in [-0.4, -0.2) is 59.0 Å². The lowest BCUT2D eigenvalue weighted by Crippen LogP contribution is -2.56. The normalized spacial score (nSPS) is 18.0. The maximum atomic E-state index is 12.5. The molecule has 0 saturated carbocycles. The highest BCUT2D eigenvalue weighted by atomic mass is 32.1. The van der Waals surface area contributed by atoms with Gasteiger partial charge in [0.25, 0.3) is 5.88 Å². The maximum Gasteiger partial charge on any atom is 0.512 e. The zero-order chi connectivity index (χ0) is 28.2. The van der Waals surface area contributed by atoms with Gasteiger partial charge in [-0.2, -0.15) is 4.37 Å². The van der Waals surface area contributed by atoms with Crippen molar-refractivity contribution in [1.29, 1.82) is 0 Å². The smallest absolute Gasteiger partial charge is 0.475 e. The van der Waals surface area contributed by atoms with Gasteiger partial charge in [-0.1, -0.05) is 110 Å². The molecule has 0 fully saturated rings. The van der Waals surface area contributed by atoms with Gasteiger partial charge in [-0.15, -0.1) is 4.37 Å². The number of carbonyl (C=O) groups excluding carboxylic acids is 1.